The molecule has 2 amide bonds. The zero-order chi connectivity index (χ0) is 21.8. The van der Waals surface area contributed by atoms with Gasteiger partial charge in [0.25, 0.3) is 11.8 Å². The number of hydrogen-bond acceptors (Lipinski definition) is 6. The van der Waals surface area contributed by atoms with Gasteiger partial charge in [-0.2, -0.15) is 0 Å². The van der Waals surface area contributed by atoms with Crippen molar-refractivity contribution in [3.8, 4) is 0 Å². The molecule has 7 nitrogen and oxygen atoms in total. The highest BCUT2D eigenvalue weighted by Crippen LogP contribution is 2.38. The van der Waals surface area contributed by atoms with Crippen LogP contribution in [0.2, 0.25) is 0 Å². The Labute approximate surface area is 183 Å². The Kier molecular flexibility index (Phi) is 6.18. The largest absolute Gasteiger partial charge is 0.462 e. The molecule has 2 N–H and O–H groups in total. The van der Waals surface area contributed by atoms with E-state index in [2.05, 4.69) is 10.6 Å². The Bertz CT molecular complexity index is 1100. The first-order valence-electron chi connectivity index (χ1n) is 10.1. The van der Waals surface area contributed by atoms with Gasteiger partial charge in [-0.1, -0.05) is 0 Å². The van der Waals surface area contributed by atoms with Crippen molar-refractivity contribution < 1.29 is 23.5 Å². The Morgan fingerprint density at radius 2 is 1.81 bits per heavy atom. The fourth-order valence-corrected chi connectivity index (χ4v) is 4.85. The van der Waals surface area contributed by atoms with Crippen LogP contribution in [-0.4, -0.2) is 24.4 Å². The van der Waals surface area contributed by atoms with Gasteiger partial charge in [0.1, 0.15) is 5.00 Å². The molecule has 0 fully saturated rings. The number of amides is 2. The molecule has 1 aliphatic carbocycles. The van der Waals surface area contributed by atoms with Crippen LogP contribution in [0.1, 0.15) is 61.5 Å². The van der Waals surface area contributed by atoms with Crippen LogP contribution in [0.25, 0.3) is 0 Å². The summed E-state index contributed by atoms with van der Waals surface area (Å²) in [6.07, 6.45) is 5.19. The first-order chi connectivity index (χ1) is 15.1. The molecule has 0 radical (unpaired) electrons. The second-order valence-corrected chi connectivity index (χ2v) is 8.20. The van der Waals surface area contributed by atoms with Crippen LogP contribution < -0.4 is 10.6 Å². The second kappa shape index (κ2) is 9.18. The SMILES string of the molecule is CCOC(=O)c1ccc(NC(=O)c2c(NC(=O)c3ccco3)sc3c2CCCC3)cc1. The standard InChI is InChI=1S/C23H22N2O5S/c1-2-29-23(28)14-9-11-15(12-10-14)24-21(27)19-16-6-3-4-8-18(16)31-22(19)25-20(26)17-7-5-13-30-17/h5,7,9-13H,2-4,6,8H2,1H3,(H,24,27)(H,25,26). The smallest absolute Gasteiger partial charge is 0.338 e. The summed E-state index contributed by atoms with van der Waals surface area (Å²) in [4.78, 5) is 38.6. The lowest BCUT2D eigenvalue weighted by atomic mass is 9.95. The third kappa shape index (κ3) is 4.54. The zero-order valence-electron chi connectivity index (χ0n) is 17.0. The lowest BCUT2D eigenvalue weighted by molar-refractivity contribution is 0.0526. The van der Waals surface area contributed by atoms with Gasteiger partial charge in [0.05, 0.1) is 24.0 Å². The first-order valence-corrected chi connectivity index (χ1v) is 11.0. The number of benzene rings is 1. The number of nitrogens with one attached hydrogen (secondary N) is 2. The van der Waals surface area contributed by atoms with Crippen molar-refractivity contribution in [1.82, 2.24) is 0 Å². The summed E-state index contributed by atoms with van der Waals surface area (Å²) in [7, 11) is 0. The number of hydrogen-bond donors (Lipinski definition) is 2. The quantitative estimate of drug-likeness (QED) is 0.534. The van der Waals surface area contributed by atoms with Gasteiger partial charge in [-0.3, -0.25) is 9.59 Å². The van der Waals surface area contributed by atoms with Gasteiger partial charge >= 0.3 is 5.97 Å². The molecule has 0 atom stereocenters. The number of ether oxygens (including phenoxy) is 1. The minimum Gasteiger partial charge on any atom is -0.462 e. The Morgan fingerprint density at radius 1 is 1.03 bits per heavy atom. The molecular formula is C23H22N2O5S. The van der Waals surface area contributed by atoms with E-state index in [9.17, 15) is 14.4 Å². The van der Waals surface area contributed by atoms with Crippen LogP contribution in [0.5, 0.6) is 0 Å². The third-order valence-electron chi connectivity index (χ3n) is 5.02. The van der Waals surface area contributed by atoms with Crippen molar-refractivity contribution in [2.45, 2.75) is 32.6 Å². The van der Waals surface area contributed by atoms with Gasteiger partial charge in [0.15, 0.2) is 5.76 Å². The lowest BCUT2D eigenvalue weighted by Crippen LogP contribution is -2.18. The fraction of sp³-hybridized carbons (Fsp3) is 0.261. The van der Waals surface area contributed by atoms with E-state index in [1.807, 2.05) is 0 Å². The van der Waals surface area contributed by atoms with E-state index in [0.29, 0.717) is 28.4 Å². The molecule has 1 aliphatic rings. The van der Waals surface area contributed by atoms with Crippen molar-refractivity contribution in [2.24, 2.45) is 0 Å². The molecule has 0 bridgehead atoms. The topological polar surface area (TPSA) is 97.6 Å². The molecule has 160 valence electrons. The van der Waals surface area contributed by atoms with Gasteiger partial charge in [-0.15, -0.1) is 11.3 Å². The molecule has 0 aliphatic heterocycles. The van der Waals surface area contributed by atoms with Gasteiger partial charge in [0.2, 0.25) is 0 Å². The summed E-state index contributed by atoms with van der Waals surface area (Å²) in [6, 6.07) is 9.75. The summed E-state index contributed by atoms with van der Waals surface area (Å²) >= 11 is 1.44. The molecule has 0 unspecified atom stereocenters. The molecule has 31 heavy (non-hydrogen) atoms. The Hall–Kier alpha value is -3.39. The number of rotatable bonds is 6. The van der Waals surface area contributed by atoms with Crippen molar-refractivity contribution in [1.29, 1.82) is 0 Å². The number of esters is 1. The Balaban J connectivity index is 1.57. The number of anilines is 2. The average Bonchev–Trinajstić information content (AvgIpc) is 3.42. The number of carbonyl (C=O) groups excluding carboxylic acids is 3. The second-order valence-electron chi connectivity index (χ2n) is 7.10. The van der Waals surface area contributed by atoms with E-state index < -0.39 is 11.9 Å². The van der Waals surface area contributed by atoms with Gasteiger partial charge in [0, 0.05) is 10.6 Å². The van der Waals surface area contributed by atoms with Crippen molar-refractivity contribution in [2.75, 3.05) is 17.2 Å². The number of furan rings is 1. The highest BCUT2D eigenvalue weighted by molar-refractivity contribution is 7.17. The van der Waals surface area contributed by atoms with Crippen LogP contribution in [0.3, 0.4) is 0 Å². The minimum absolute atomic E-state index is 0.187. The van der Waals surface area contributed by atoms with Crippen LogP contribution in [0.4, 0.5) is 10.7 Å². The van der Waals surface area contributed by atoms with Gasteiger partial charge in [-0.25, -0.2) is 4.79 Å². The van der Waals surface area contributed by atoms with E-state index >= 15 is 0 Å². The molecular weight excluding hydrogens is 416 g/mol. The Morgan fingerprint density at radius 3 is 2.52 bits per heavy atom. The summed E-state index contributed by atoms with van der Waals surface area (Å²) < 4.78 is 10.1. The first kappa shape index (κ1) is 20.9. The predicted molar refractivity (Wildman–Crippen MR) is 118 cm³/mol. The van der Waals surface area contributed by atoms with Crippen molar-refractivity contribution in [3.05, 3.63) is 70.0 Å². The number of fused-ring (bicyclic) bond motifs is 1. The van der Waals surface area contributed by atoms with E-state index in [-0.39, 0.29) is 11.7 Å². The van der Waals surface area contributed by atoms with E-state index in [4.69, 9.17) is 9.15 Å². The van der Waals surface area contributed by atoms with Gasteiger partial charge in [-0.05, 0) is 74.6 Å². The fourth-order valence-electron chi connectivity index (χ4n) is 3.56. The molecule has 1 aromatic carbocycles. The lowest BCUT2D eigenvalue weighted by Gasteiger charge is -2.13. The maximum Gasteiger partial charge on any atom is 0.338 e. The number of carbonyl (C=O) groups is 3. The monoisotopic (exact) mass is 438 g/mol. The highest BCUT2D eigenvalue weighted by Gasteiger charge is 2.27. The summed E-state index contributed by atoms with van der Waals surface area (Å²) in [5.41, 5.74) is 2.46. The van der Waals surface area contributed by atoms with Gasteiger partial charge < -0.3 is 19.8 Å². The summed E-state index contributed by atoms with van der Waals surface area (Å²) in [5.74, 6) is -0.906. The summed E-state index contributed by atoms with van der Waals surface area (Å²) in [6.45, 7) is 2.05. The van der Waals surface area contributed by atoms with Crippen molar-refractivity contribution in [3.63, 3.8) is 0 Å². The molecule has 0 saturated carbocycles. The van der Waals surface area contributed by atoms with Crippen LogP contribution in [0.15, 0.2) is 47.1 Å². The highest BCUT2D eigenvalue weighted by atomic mass is 32.1. The molecule has 4 rings (SSSR count). The van der Waals surface area contributed by atoms with Crippen LogP contribution in [-0.2, 0) is 17.6 Å². The number of aryl methyl sites for hydroxylation is 1. The van der Waals surface area contributed by atoms with Crippen LogP contribution >= 0.6 is 11.3 Å². The number of thiophene rings is 1. The third-order valence-corrected chi connectivity index (χ3v) is 6.23. The molecule has 2 aromatic heterocycles. The zero-order valence-corrected chi connectivity index (χ0v) is 17.8. The van der Waals surface area contributed by atoms with E-state index in [1.54, 1.807) is 43.3 Å². The molecule has 8 heteroatoms. The predicted octanol–water partition coefficient (Wildman–Crippen LogP) is 4.90. The van der Waals surface area contributed by atoms with Crippen LogP contribution in [0, 0.1) is 0 Å². The average molecular weight is 439 g/mol. The maximum atomic E-state index is 13.2. The minimum atomic E-state index is -0.407. The van der Waals surface area contributed by atoms with E-state index in [0.717, 1.165) is 36.1 Å². The summed E-state index contributed by atoms with van der Waals surface area (Å²) in [5, 5.41) is 6.24. The molecule has 2 heterocycles. The van der Waals surface area contributed by atoms with Crippen molar-refractivity contribution >= 4 is 39.8 Å². The maximum absolute atomic E-state index is 13.2. The van der Waals surface area contributed by atoms with E-state index in [1.165, 1.54) is 17.6 Å². The molecule has 3 aromatic rings. The molecule has 0 spiro atoms. The normalized spacial score (nSPS) is 12.7. The molecule has 0 saturated heterocycles.